The van der Waals surface area contributed by atoms with Gasteiger partial charge >= 0.3 is 0 Å². The van der Waals surface area contributed by atoms with Gasteiger partial charge in [-0.1, -0.05) is 149 Å². The summed E-state index contributed by atoms with van der Waals surface area (Å²) in [7, 11) is 8.81. The van der Waals surface area contributed by atoms with Crippen LogP contribution in [0.2, 0.25) is 10.0 Å². The molecule has 0 aliphatic heterocycles. The number of aromatic nitrogens is 9. The van der Waals surface area contributed by atoms with Gasteiger partial charge in [-0.3, -0.25) is 38.9 Å². The number of Topliss-reactive ketones (excluding diaryl/α,β-unsaturated/α-hetero) is 5. The largest absolute Gasteiger partial charge is 0.343 e. The van der Waals surface area contributed by atoms with Crippen molar-refractivity contribution < 1.29 is 54.7 Å². The van der Waals surface area contributed by atoms with E-state index in [4.69, 9.17) is 23.2 Å². The summed E-state index contributed by atoms with van der Waals surface area (Å²) in [5, 5.41) is 1.19. The maximum absolute atomic E-state index is 14.3. The molecule has 0 spiro atoms. The number of carbonyl (C=O) groups is 5. The van der Waals surface area contributed by atoms with Crippen molar-refractivity contribution in [3.8, 4) is 0 Å². The van der Waals surface area contributed by atoms with Crippen LogP contribution in [0.25, 0.3) is 0 Å². The third-order valence-electron chi connectivity index (χ3n) is 20.6. The molecule has 0 amide bonds. The van der Waals surface area contributed by atoms with Crippen LogP contribution in [0.15, 0.2) is 299 Å². The lowest BCUT2D eigenvalue weighted by molar-refractivity contribution is 0.0173. The predicted octanol–water partition coefficient (Wildman–Crippen LogP) is 23.3. The minimum atomic E-state index is -3.07. The van der Waals surface area contributed by atoms with Crippen LogP contribution in [0.1, 0.15) is 114 Å². The second kappa shape index (κ2) is 45.0. The maximum Gasteiger partial charge on any atom is 0.270 e. The minimum Gasteiger partial charge on any atom is -0.343 e. The molecule has 0 N–H and O–H groups in total. The van der Waals surface area contributed by atoms with E-state index in [2.05, 4.69) is 44.9 Å². The fourth-order valence-corrected chi connectivity index (χ4v) is 13.8. The number of rotatable bonds is 26. The first-order valence-electron chi connectivity index (χ1n) is 40.6. The van der Waals surface area contributed by atoms with Crippen molar-refractivity contribution in [2.45, 2.75) is 72.6 Å². The molecular formula is C102H89Cl2F7N14O5. The summed E-state index contributed by atoms with van der Waals surface area (Å²) in [6.45, 7) is 8.50. The number of nitrogens with zero attached hydrogens (tertiary/aromatic N) is 14. The van der Waals surface area contributed by atoms with Gasteiger partial charge in [-0.2, -0.15) is 0 Å². The van der Waals surface area contributed by atoms with Crippen molar-refractivity contribution in [1.82, 2.24) is 44.9 Å². The summed E-state index contributed by atoms with van der Waals surface area (Å²) in [5.74, 6) is -7.13. The zero-order chi connectivity index (χ0) is 93.3. The first-order valence-corrected chi connectivity index (χ1v) is 41.3. The molecule has 0 unspecified atom stereocenters. The summed E-state index contributed by atoms with van der Waals surface area (Å²) in [6.07, 6.45) is 21.5. The third-order valence-corrected chi connectivity index (χ3v) is 21.0. The summed E-state index contributed by atoms with van der Waals surface area (Å²) < 4.78 is 98.2. The summed E-state index contributed by atoms with van der Waals surface area (Å²) in [5.41, 5.74) is 14.9. The lowest BCUT2D eigenvalue weighted by Crippen LogP contribution is -2.14. The molecule has 0 fully saturated rings. The van der Waals surface area contributed by atoms with Crippen LogP contribution in [0.4, 0.5) is 87.6 Å². The SMILES string of the molecule is CN(c1cncnc1)c1cc(CC(=O)c2cc(C(C)(F)F)ccn2)ccc1F.Cc1cccc(C(=O)Cc2cc(N(C)c3cncnc3)c(F)cc2F)c1.Cc1cccc(C(=O)Cc2cc(N(C)c3cncnc3)c(F)cc2F)c1.Cc1cccc(C(=O)Cc2cccc(N(C)c3cncc(Cl)c3)c2)c1.Cc1cccc(C(=O)Cc2cccc(N(C)c3cncc(Cl)c3)c2)c1. The number of benzene rings is 9. The van der Waals surface area contributed by atoms with E-state index in [0.29, 0.717) is 56.6 Å². The topological polar surface area (TPSA) is 218 Å². The molecule has 0 bridgehead atoms. The van der Waals surface area contributed by atoms with Gasteiger partial charge in [0.25, 0.3) is 5.92 Å². The Morgan fingerprint density at radius 2 is 0.638 bits per heavy atom. The Bertz CT molecular complexity index is 6200. The van der Waals surface area contributed by atoms with Crippen molar-refractivity contribution >= 4 is 109 Å². The Labute approximate surface area is 758 Å². The average Bonchev–Trinajstić information content (AvgIpc) is 0.806. The molecule has 660 valence electrons. The van der Waals surface area contributed by atoms with Gasteiger partial charge in [0.15, 0.2) is 28.9 Å². The average molecular weight is 1790 g/mol. The number of hydrogen-bond donors (Lipinski definition) is 0. The molecule has 0 atom stereocenters. The lowest BCUT2D eigenvalue weighted by Gasteiger charge is -2.20. The maximum atomic E-state index is 14.3. The molecule has 0 radical (unpaired) electrons. The highest BCUT2D eigenvalue weighted by Crippen LogP contribution is 2.35. The van der Waals surface area contributed by atoms with Crippen LogP contribution in [-0.2, 0) is 38.0 Å². The second-order valence-electron chi connectivity index (χ2n) is 30.5. The van der Waals surface area contributed by atoms with Crippen LogP contribution < -0.4 is 24.5 Å². The van der Waals surface area contributed by atoms with E-state index in [1.54, 1.807) is 87.2 Å². The Morgan fingerprint density at radius 1 is 0.308 bits per heavy atom. The van der Waals surface area contributed by atoms with E-state index < -0.39 is 40.8 Å². The smallest absolute Gasteiger partial charge is 0.270 e. The molecule has 6 aromatic heterocycles. The fraction of sp³-hybridized carbons (Fsp3) is 0.157. The molecular weight excluding hydrogens is 1710 g/mol. The normalized spacial score (nSPS) is 10.7. The van der Waals surface area contributed by atoms with Crippen molar-refractivity contribution in [2.24, 2.45) is 0 Å². The molecule has 15 rings (SSSR count). The molecule has 6 heterocycles. The van der Waals surface area contributed by atoms with Crippen molar-refractivity contribution in [3.63, 3.8) is 0 Å². The van der Waals surface area contributed by atoms with E-state index in [-0.39, 0.29) is 81.8 Å². The Morgan fingerprint density at radius 3 is 0.992 bits per heavy atom. The van der Waals surface area contributed by atoms with Gasteiger partial charge in [0.1, 0.15) is 53.8 Å². The van der Waals surface area contributed by atoms with Crippen LogP contribution in [0, 0.1) is 56.8 Å². The summed E-state index contributed by atoms with van der Waals surface area (Å²) >= 11 is 12.0. The molecule has 0 saturated heterocycles. The van der Waals surface area contributed by atoms with Crippen LogP contribution in [-0.4, -0.2) is 109 Å². The fourth-order valence-electron chi connectivity index (χ4n) is 13.4. The minimum absolute atomic E-state index is 0.0605. The number of anilines is 10. The van der Waals surface area contributed by atoms with Gasteiger partial charge in [-0.05, 0) is 153 Å². The molecule has 130 heavy (non-hydrogen) atoms. The highest BCUT2D eigenvalue weighted by atomic mass is 35.5. The Hall–Kier alpha value is -14.9. The van der Waals surface area contributed by atoms with Crippen molar-refractivity contribution in [2.75, 3.05) is 59.7 Å². The van der Waals surface area contributed by atoms with Gasteiger partial charge in [-0.25, -0.2) is 60.6 Å². The number of carbonyl (C=O) groups excluding carboxylic acids is 5. The predicted molar refractivity (Wildman–Crippen MR) is 496 cm³/mol. The number of halogens is 9. The zero-order valence-corrected chi connectivity index (χ0v) is 74.0. The Kier molecular flexibility index (Phi) is 33.1. The van der Waals surface area contributed by atoms with Crippen LogP contribution in [0.3, 0.4) is 0 Å². The number of aryl methyl sites for hydroxylation is 4. The highest BCUT2D eigenvalue weighted by molar-refractivity contribution is 6.31. The zero-order valence-electron chi connectivity index (χ0n) is 72.5. The lowest BCUT2D eigenvalue weighted by atomic mass is 10.0. The van der Waals surface area contributed by atoms with Crippen molar-refractivity contribution in [3.05, 3.63) is 422 Å². The van der Waals surface area contributed by atoms with Gasteiger partial charge in [0, 0.05) is 144 Å². The monoisotopic (exact) mass is 1790 g/mol. The molecule has 15 aromatic rings. The van der Waals surface area contributed by atoms with Gasteiger partial charge < -0.3 is 24.5 Å². The number of hydrogen-bond acceptors (Lipinski definition) is 19. The molecule has 9 aromatic carbocycles. The molecule has 28 heteroatoms. The van der Waals surface area contributed by atoms with Gasteiger partial charge in [0.2, 0.25) is 0 Å². The van der Waals surface area contributed by atoms with E-state index in [9.17, 15) is 54.7 Å². The summed E-state index contributed by atoms with van der Waals surface area (Å²) in [4.78, 5) is 107. The van der Waals surface area contributed by atoms with E-state index in [1.807, 2.05) is 173 Å². The summed E-state index contributed by atoms with van der Waals surface area (Å²) in [6, 6.07) is 60.0. The van der Waals surface area contributed by atoms with E-state index in [0.717, 1.165) is 92.4 Å². The van der Waals surface area contributed by atoms with Crippen molar-refractivity contribution in [1.29, 1.82) is 0 Å². The first kappa shape index (κ1) is 95.8. The van der Waals surface area contributed by atoms with Crippen LogP contribution >= 0.6 is 23.2 Å². The highest BCUT2D eigenvalue weighted by Gasteiger charge is 2.27. The van der Waals surface area contributed by atoms with Gasteiger partial charge in [-0.15, -0.1) is 0 Å². The standard InChI is InChI=1S/2C21H19ClN2O.C20H17F3N4O.2C20H17F2N3O/c2*1-15-5-3-7-17(9-15)21(25)11-16-6-4-8-19(10-16)24(2)20-12-18(22)13-23-14-20;1-20(22,23)14-5-6-26-17(9-14)19(28)8-13-3-4-16(21)18(7-13)27(2)15-10-24-12-25-11-15;2*1-13-4-3-5-14(6-13)20(26)8-15-7-19(18(22)9-17(15)21)25(2)16-10-23-12-24-11-16/h2*3-10,12-14H,11H2,1-2H3;3-7,9-12H,8H2,1-2H3;2*3-7,9-12H,8H2,1-2H3. The first-order chi connectivity index (χ1) is 62.2. The molecule has 19 nitrogen and oxygen atoms in total. The Balaban J connectivity index is 0.000000157. The number of alkyl halides is 2. The second-order valence-corrected chi connectivity index (χ2v) is 31.4. The van der Waals surface area contributed by atoms with E-state index >= 15 is 0 Å². The quantitative estimate of drug-likeness (QED) is 0.0363. The number of pyridine rings is 3. The third kappa shape index (κ3) is 26.8. The molecule has 0 saturated carbocycles. The molecule has 0 aliphatic carbocycles. The van der Waals surface area contributed by atoms with Gasteiger partial charge in [0.05, 0.1) is 105 Å². The van der Waals surface area contributed by atoms with E-state index in [1.165, 1.54) is 109 Å². The number of ketones is 5. The van der Waals surface area contributed by atoms with Crippen LogP contribution in [0.5, 0.6) is 0 Å². The molecule has 0 aliphatic rings.